The van der Waals surface area contributed by atoms with Gasteiger partial charge in [0.15, 0.2) is 5.76 Å². The molecule has 0 saturated heterocycles. The maximum atomic E-state index is 12.9. The van der Waals surface area contributed by atoms with Gasteiger partial charge in [-0.2, -0.15) is 0 Å². The smallest absolute Gasteiger partial charge is 0.341 e. The maximum absolute atomic E-state index is 12.9. The first-order chi connectivity index (χ1) is 12.2. The number of esters is 1. The van der Waals surface area contributed by atoms with Gasteiger partial charge in [0.2, 0.25) is 0 Å². The normalized spacial score (nSPS) is 19.7. The standard InChI is InChI=1S/C19H23NO5S/c1-10-9-12-14(18(22)25-19(3,4)5)17(26-15(12)11(2)24-10)20-16(21)13-7-6-8-23-13/h6-8,10-11H,9H2,1-5H3,(H,20,21)/t10-,11-/m0/s1. The first kappa shape index (κ1) is 18.7. The number of fused-ring (bicyclic) bond motifs is 1. The van der Waals surface area contributed by atoms with Gasteiger partial charge in [-0.15, -0.1) is 11.3 Å². The Bertz CT molecular complexity index is 816. The lowest BCUT2D eigenvalue weighted by molar-refractivity contribution is -0.00384. The molecule has 0 fully saturated rings. The van der Waals surface area contributed by atoms with Gasteiger partial charge in [-0.25, -0.2) is 4.79 Å². The van der Waals surface area contributed by atoms with E-state index in [2.05, 4.69) is 5.32 Å². The highest BCUT2D eigenvalue weighted by atomic mass is 32.1. The summed E-state index contributed by atoms with van der Waals surface area (Å²) in [5.74, 6) is -0.657. The predicted molar refractivity (Wildman–Crippen MR) is 98.8 cm³/mol. The van der Waals surface area contributed by atoms with Gasteiger partial charge >= 0.3 is 5.97 Å². The van der Waals surface area contributed by atoms with Gasteiger partial charge in [-0.1, -0.05) is 0 Å². The number of amides is 1. The molecule has 1 N–H and O–H groups in total. The van der Waals surface area contributed by atoms with Crippen molar-refractivity contribution < 1.29 is 23.5 Å². The fourth-order valence-corrected chi connectivity index (χ4v) is 4.17. The molecule has 0 bridgehead atoms. The van der Waals surface area contributed by atoms with Crippen LogP contribution in [0.3, 0.4) is 0 Å². The predicted octanol–water partition coefficient (Wildman–Crippen LogP) is 4.57. The molecule has 3 rings (SSSR count). The van der Waals surface area contributed by atoms with Gasteiger partial charge in [0.25, 0.3) is 5.91 Å². The lowest BCUT2D eigenvalue weighted by Gasteiger charge is -2.26. The fourth-order valence-electron chi connectivity index (χ4n) is 2.97. The topological polar surface area (TPSA) is 77.8 Å². The lowest BCUT2D eigenvalue weighted by atomic mass is 9.98. The third-order valence-electron chi connectivity index (χ3n) is 3.91. The Kier molecular flexibility index (Phi) is 4.94. The molecule has 2 aromatic heterocycles. The number of hydrogen-bond acceptors (Lipinski definition) is 6. The number of carbonyl (C=O) groups is 2. The summed E-state index contributed by atoms with van der Waals surface area (Å²) in [6.45, 7) is 9.37. The van der Waals surface area contributed by atoms with Crippen LogP contribution in [-0.2, 0) is 15.9 Å². The van der Waals surface area contributed by atoms with E-state index < -0.39 is 17.5 Å². The molecule has 0 aliphatic carbocycles. The van der Waals surface area contributed by atoms with Crippen molar-refractivity contribution in [3.05, 3.63) is 40.2 Å². The van der Waals surface area contributed by atoms with Crippen molar-refractivity contribution in [1.82, 2.24) is 0 Å². The minimum Gasteiger partial charge on any atom is -0.459 e. The maximum Gasteiger partial charge on any atom is 0.341 e. The Labute approximate surface area is 156 Å². The molecule has 3 heterocycles. The molecule has 1 amide bonds. The Morgan fingerprint density at radius 3 is 2.65 bits per heavy atom. The molecule has 1 aliphatic heterocycles. The average molecular weight is 377 g/mol. The molecule has 1 aliphatic rings. The zero-order chi connectivity index (χ0) is 19.1. The molecule has 2 aromatic rings. The second-order valence-electron chi connectivity index (χ2n) is 7.38. The summed E-state index contributed by atoms with van der Waals surface area (Å²) >= 11 is 1.35. The lowest BCUT2D eigenvalue weighted by Crippen LogP contribution is -2.27. The van der Waals surface area contributed by atoms with E-state index in [1.165, 1.54) is 17.6 Å². The number of rotatable bonds is 3. The highest BCUT2D eigenvalue weighted by Gasteiger charge is 2.34. The van der Waals surface area contributed by atoms with Crippen LogP contribution < -0.4 is 5.32 Å². The molecule has 7 heteroatoms. The van der Waals surface area contributed by atoms with E-state index in [1.54, 1.807) is 12.1 Å². The molecule has 26 heavy (non-hydrogen) atoms. The second kappa shape index (κ2) is 6.89. The Balaban J connectivity index is 2.01. The van der Waals surface area contributed by atoms with Crippen molar-refractivity contribution in [1.29, 1.82) is 0 Å². The van der Waals surface area contributed by atoms with Crippen LogP contribution in [0.15, 0.2) is 22.8 Å². The average Bonchev–Trinajstić information content (AvgIpc) is 3.12. The number of hydrogen-bond donors (Lipinski definition) is 1. The van der Waals surface area contributed by atoms with Crippen LogP contribution in [-0.4, -0.2) is 23.6 Å². The van der Waals surface area contributed by atoms with Gasteiger partial charge in [-0.05, 0) is 52.3 Å². The highest BCUT2D eigenvalue weighted by molar-refractivity contribution is 7.17. The van der Waals surface area contributed by atoms with Gasteiger partial charge in [0.05, 0.1) is 24.0 Å². The Hall–Kier alpha value is -2.12. The molecule has 140 valence electrons. The summed E-state index contributed by atoms with van der Waals surface area (Å²) in [6.07, 6.45) is 1.87. The summed E-state index contributed by atoms with van der Waals surface area (Å²) in [4.78, 5) is 26.2. The number of furan rings is 1. The van der Waals surface area contributed by atoms with E-state index in [4.69, 9.17) is 13.9 Å². The number of nitrogens with one attached hydrogen (secondary N) is 1. The van der Waals surface area contributed by atoms with Gasteiger partial charge in [0, 0.05) is 11.3 Å². The van der Waals surface area contributed by atoms with Gasteiger partial charge in [-0.3, -0.25) is 4.79 Å². The van der Waals surface area contributed by atoms with E-state index in [1.807, 2.05) is 34.6 Å². The van der Waals surface area contributed by atoms with Crippen molar-refractivity contribution in [3.8, 4) is 0 Å². The van der Waals surface area contributed by atoms with Crippen molar-refractivity contribution in [2.45, 2.75) is 58.8 Å². The molecular weight excluding hydrogens is 354 g/mol. The molecule has 0 saturated carbocycles. The van der Waals surface area contributed by atoms with Crippen LogP contribution >= 0.6 is 11.3 Å². The molecule has 0 spiro atoms. The minimum atomic E-state index is -0.628. The van der Waals surface area contributed by atoms with Crippen LogP contribution in [0.4, 0.5) is 5.00 Å². The number of thiophene rings is 1. The number of carbonyl (C=O) groups excluding carboxylic acids is 2. The Morgan fingerprint density at radius 1 is 1.31 bits per heavy atom. The SMILES string of the molecule is C[C@@H]1O[C@@H](C)Cc2c1sc(NC(=O)c1ccco1)c2C(=O)OC(C)(C)C. The Morgan fingerprint density at radius 2 is 2.04 bits per heavy atom. The first-order valence-electron chi connectivity index (χ1n) is 8.55. The quantitative estimate of drug-likeness (QED) is 0.793. The van der Waals surface area contributed by atoms with Crippen LogP contribution in [0.2, 0.25) is 0 Å². The number of anilines is 1. The molecule has 2 atom stereocenters. The first-order valence-corrected chi connectivity index (χ1v) is 9.36. The van der Waals surface area contributed by atoms with Crippen molar-refractivity contribution in [2.75, 3.05) is 5.32 Å². The zero-order valence-electron chi connectivity index (χ0n) is 15.5. The highest BCUT2D eigenvalue weighted by Crippen LogP contribution is 2.43. The van der Waals surface area contributed by atoms with E-state index in [0.717, 1.165) is 10.4 Å². The third-order valence-corrected chi connectivity index (χ3v) is 5.22. The number of ether oxygens (including phenoxy) is 2. The largest absolute Gasteiger partial charge is 0.459 e. The summed E-state index contributed by atoms with van der Waals surface area (Å²) in [7, 11) is 0. The summed E-state index contributed by atoms with van der Waals surface area (Å²) < 4.78 is 16.6. The van der Waals surface area contributed by atoms with Crippen LogP contribution in [0, 0.1) is 0 Å². The zero-order valence-corrected chi connectivity index (χ0v) is 16.4. The summed E-state index contributed by atoms with van der Waals surface area (Å²) in [5.41, 5.74) is 0.684. The fraction of sp³-hybridized carbons (Fsp3) is 0.474. The van der Waals surface area contributed by atoms with E-state index in [0.29, 0.717) is 17.0 Å². The summed E-state index contributed by atoms with van der Waals surface area (Å²) in [5, 5.41) is 3.27. The third kappa shape index (κ3) is 3.83. The van der Waals surface area contributed by atoms with E-state index >= 15 is 0 Å². The molecule has 0 unspecified atom stereocenters. The van der Waals surface area contributed by atoms with Crippen LogP contribution in [0.1, 0.15) is 72.1 Å². The van der Waals surface area contributed by atoms with Crippen molar-refractivity contribution in [3.63, 3.8) is 0 Å². The van der Waals surface area contributed by atoms with Gasteiger partial charge < -0.3 is 19.2 Å². The summed E-state index contributed by atoms with van der Waals surface area (Å²) in [6, 6.07) is 3.21. The molecule has 6 nitrogen and oxygen atoms in total. The second-order valence-corrected chi connectivity index (χ2v) is 8.43. The van der Waals surface area contributed by atoms with Crippen molar-refractivity contribution in [2.24, 2.45) is 0 Å². The van der Waals surface area contributed by atoms with Crippen molar-refractivity contribution >= 4 is 28.2 Å². The molecule has 0 aromatic carbocycles. The molecule has 0 radical (unpaired) electrons. The monoisotopic (exact) mass is 377 g/mol. The van der Waals surface area contributed by atoms with E-state index in [-0.39, 0.29) is 18.0 Å². The molecular formula is C19H23NO5S. The van der Waals surface area contributed by atoms with Crippen LogP contribution in [0.5, 0.6) is 0 Å². The van der Waals surface area contributed by atoms with E-state index in [9.17, 15) is 9.59 Å². The van der Waals surface area contributed by atoms with Gasteiger partial charge in [0.1, 0.15) is 10.6 Å². The minimum absolute atomic E-state index is 0.0121. The van der Waals surface area contributed by atoms with Crippen LogP contribution in [0.25, 0.3) is 0 Å².